The molecule has 0 amide bonds. The fourth-order valence-electron chi connectivity index (χ4n) is 3.08. The van der Waals surface area contributed by atoms with Gasteiger partial charge in [-0.1, -0.05) is 6.42 Å². The van der Waals surface area contributed by atoms with Crippen LogP contribution >= 0.6 is 0 Å². The molecule has 1 fully saturated rings. The van der Waals surface area contributed by atoms with Gasteiger partial charge in [0.05, 0.1) is 11.9 Å². The van der Waals surface area contributed by atoms with E-state index in [1.165, 1.54) is 37.2 Å². The molecule has 0 radical (unpaired) electrons. The third kappa shape index (κ3) is 2.24. The van der Waals surface area contributed by atoms with E-state index in [0.717, 1.165) is 25.9 Å². The number of hydrogen-bond donors (Lipinski definition) is 2. The first-order valence-electron chi connectivity index (χ1n) is 6.88. The van der Waals surface area contributed by atoms with Crippen LogP contribution in [0, 0.1) is 0 Å². The lowest BCUT2D eigenvalue weighted by Gasteiger charge is -2.26. The summed E-state index contributed by atoms with van der Waals surface area (Å²) < 4.78 is 2.35. The first-order chi connectivity index (χ1) is 8.34. The minimum atomic E-state index is 0.198. The number of hydrogen-bond acceptors (Lipinski definition) is 3. The van der Waals surface area contributed by atoms with E-state index in [0.29, 0.717) is 6.04 Å². The van der Waals surface area contributed by atoms with Gasteiger partial charge in [0.2, 0.25) is 0 Å². The van der Waals surface area contributed by atoms with Crippen molar-refractivity contribution in [1.82, 2.24) is 14.9 Å². The molecule has 3 rings (SSSR count). The van der Waals surface area contributed by atoms with Crippen molar-refractivity contribution in [2.75, 3.05) is 6.54 Å². The highest BCUT2D eigenvalue weighted by Gasteiger charge is 2.22. The number of aromatic nitrogens is 2. The third-order valence-electron chi connectivity index (χ3n) is 4.09. The molecule has 0 spiro atoms. The Morgan fingerprint density at radius 3 is 3.12 bits per heavy atom. The Labute approximate surface area is 103 Å². The first kappa shape index (κ1) is 11.2. The maximum absolute atomic E-state index is 6.12. The smallest absolute Gasteiger partial charge is 0.110 e. The molecule has 3 N–H and O–H groups in total. The molecular weight excluding hydrogens is 212 g/mol. The van der Waals surface area contributed by atoms with E-state index in [-0.39, 0.29) is 6.04 Å². The van der Waals surface area contributed by atoms with E-state index < -0.39 is 0 Å². The second-order valence-corrected chi connectivity index (χ2v) is 5.35. The SMILES string of the molecule is NC1CCCn2c1cnc2CC1CCCCN1. The minimum absolute atomic E-state index is 0.198. The standard InChI is InChI=1S/C13H22N4/c14-11-5-3-7-17-12(11)9-16-13(17)8-10-4-1-2-6-15-10/h9-11,15H,1-8,14H2. The number of piperidine rings is 1. The Hall–Kier alpha value is -0.870. The second-order valence-electron chi connectivity index (χ2n) is 5.35. The van der Waals surface area contributed by atoms with Gasteiger partial charge in [0.1, 0.15) is 5.82 Å². The number of nitrogens with one attached hydrogen (secondary N) is 1. The van der Waals surface area contributed by atoms with Crippen LogP contribution in [-0.2, 0) is 13.0 Å². The highest BCUT2D eigenvalue weighted by atomic mass is 15.1. The zero-order valence-electron chi connectivity index (χ0n) is 10.4. The molecule has 4 heteroatoms. The number of imidazole rings is 1. The van der Waals surface area contributed by atoms with Crippen LogP contribution in [0.15, 0.2) is 6.20 Å². The van der Waals surface area contributed by atoms with E-state index in [2.05, 4.69) is 14.9 Å². The van der Waals surface area contributed by atoms with Gasteiger partial charge in [-0.25, -0.2) is 4.98 Å². The van der Waals surface area contributed by atoms with Crippen LogP contribution in [0.2, 0.25) is 0 Å². The first-order valence-corrected chi connectivity index (χ1v) is 6.88. The molecule has 2 aliphatic heterocycles. The van der Waals surface area contributed by atoms with Crippen molar-refractivity contribution in [3.05, 3.63) is 17.7 Å². The van der Waals surface area contributed by atoms with E-state index in [9.17, 15) is 0 Å². The fourth-order valence-corrected chi connectivity index (χ4v) is 3.08. The molecule has 2 aliphatic rings. The maximum atomic E-state index is 6.12. The highest BCUT2D eigenvalue weighted by Crippen LogP contribution is 2.25. The fraction of sp³-hybridized carbons (Fsp3) is 0.769. The van der Waals surface area contributed by atoms with Gasteiger partial charge in [0, 0.05) is 25.0 Å². The molecule has 17 heavy (non-hydrogen) atoms. The minimum Gasteiger partial charge on any atom is -0.331 e. The zero-order valence-corrected chi connectivity index (χ0v) is 10.4. The molecule has 2 unspecified atom stereocenters. The van der Waals surface area contributed by atoms with Crippen molar-refractivity contribution >= 4 is 0 Å². The van der Waals surface area contributed by atoms with Crippen molar-refractivity contribution in [3.63, 3.8) is 0 Å². The van der Waals surface area contributed by atoms with Gasteiger partial charge in [-0.3, -0.25) is 0 Å². The Morgan fingerprint density at radius 1 is 1.35 bits per heavy atom. The van der Waals surface area contributed by atoms with Crippen molar-refractivity contribution in [2.24, 2.45) is 5.73 Å². The molecule has 1 aromatic rings. The van der Waals surface area contributed by atoms with Gasteiger partial charge in [0.15, 0.2) is 0 Å². The third-order valence-corrected chi connectivity index (χ3v) is 4.09. The van der Waals surface area contributed by atoms with Crippen LogP contribution in [0.3, 0.4) is 0 Å². The van der Waals surface area contributed by atoms with Crippen molar-refractivity contribution in [2.45, 2.75) is 57.2 Å². The van der Waals surface area contributed by atoms with Gasteiger partial charge >= 0.3 is 0 Å². The average Bonchev–Trinajstić information content (AvgIpc) is 2.76. The predicted octanol–water partition coefficient (Wildman–Crippen LogP) is 1.36. The van der Waals surface area contributed by atoms with Gasteiger partial charge in [-0.05, 0) is 32.2 Å². The normalized spacial score (nSPS) is 29.0. The largest absolute Gasteiger partial charge is 0.331 e. The summed E-state index contributed by atoms with van der Waals surface area (Å²) in [6, 6.07) is 0.817. The number of nitrogens with zero attached hydrogens (tertiary/aromatic N) is 2. The van der Waals surface area contributed by atoms with Gasteiger partial charge in [-0.15, -0.1) is 0 Å². The molecule has 0 saturated carbocycles. The maximum Gasteiger partial charge on any atom is 0.110 e. The van der Waals surface area contributed by atoms with E-state index in [1.807, 2.05) is 6.20 Å². The summed E-state index contributed by atoms with van der Waals surface area (Å²) in [4.78, 5) is 4.59. The average molecular weight is 234 g/mol. The van der Waals surface area contributed by atoms with Crippen LogP contribution in [-0.4, -0.2) is 22.1 Å². The predicted molar refractivity (Wildman–Crippen MR) is 67.7 cm³/mol. The highest BCUT2D eigenvalue weighted by molar-refractivity contribution is 5.13. The lowest BCUT2D eigenvalue weighted by molar-refractivity contribution is 0.381. The molecule has 2 atom stereocenters. The Bertz CT molecular complexity index is 379. The number of fused-ring (bicyclic) bond motifs is 1. The molecular formula is C13H22N4. The van der Waals surface area contributed by atoms with Crippen molar-refractivity contribution in [1.29, 1.82) is 0 Å². The van der Waals surface area contributed by atoms with E-state index >= 15 is 0 Å². The lowest BCUT2D eigenvalue weighted by Crippen LogP contribution is -2.36. The Morgan fingerprint density at radius 2 is 2.29 bits per heavy atom. The summed E-state index contributed by atoms with van der Waals surface area (Å²) in [5.74, 6) is 1.23. The summed E-state index contributed by atoms with van der Waals surface area (Å²) in [6.45, 7) is 2.27. The van der Waals surface area contributed by atoms with Crippen LogP contribution in [0.25, 0.3) is 0 Å². The lowest BCUT2D eigenvalue weighted by atomic mass is 10.0. The van der Waals surface area contributed by atoms with E-state index in [4.69, 9.17) is 5.73 Å². The van der Waals surface area contributed by atoms with E-state index in [1.54, 1.807) is 0 Å². The molecule has 1 aromatic heterocycles. The monoisotopic (exact) mass is 234 g/mol. The van der Waals surface area contributed by atoms with Crippen molar-refractivity contribution < 1.29 is 0 Å². The van der Waals surface area contributed by atoms with Crippen LogP contribution in [0.5, 0.6) is 0 Å². The van der Waals surface area contributed by atoms with Crippen LogP contribution in [0.4, 0.5) is 0 Å². The quantitative estimate of drug-likeness (QED) is 0.812. The molecule has 94 valence electrons. The molecule has 4 nitrogen and oxygen atoms in total. The molecule has 0 aromatic carbocycles. The van der Waals surface area contributed by atoms with Crippen molar-refractivity contribution in [3.8, 4) is 0 Å². The number of nitrogens with two attached hydrogens (primary N) is 1. The molecule has 0 aliphatic carbocycles. The summed E-state index contributed by atoms with van der Waals surface area (Å²) in [5, 5.41) is 3.59. The number of rotatable bonds is 2. The summed E-state index contributed by atoms with van der Waals surface area (Å²) in [7, 11) is 0. The molecule has 3 heterocycles. The molecule has 1 saturated heterocycles. The zero-order chi connectivity index (χ0) is 11.7. The summed E-state index contributed by atoms with van der Waals surface area (Å²) in [5.41, 5.74) is 7.35. The van der Waals surface area contributed by atoms with Crippen LogP contribution in [0.1, 0.15) is 49.7 Å². The van der Waals surface area contributed by atoms with Gasteiger partial charge < -0.3 is 15.6 Å². The van der Waals surface area contributed by atoms with Gasteiger partial charge in [-0.2, -0.15) is 0 Å². The second kappa shape index (κ2) is 4.78. The summed E-state index contributed by atoms with van der Waals surface area (Å²) in [6.07, 6.45) is 9.30. The molecule has 0 bridgehead atoms. The topological polar surface area (TPSA) is 55.9 Å². The summed E-state index contributed by atoms with van der Waals surface area (Å²) >= 11 is 0. The Balaban J connectivity index is 1.74. The van der Waals surface area contributed by atoms with Gasteiger partial charge in [0.25, 0.3) is 0 Å². The Kier molecular flexibility index (Phi) is 3.16. The van der Waals surface area contributed by atoms with Crippen LogP contribution < -0.4 is 11.1 Å².